The van der Waals surface area contributed by atoms with Crippen LogP contribution >= 0.6 is 11.8 Å². The van der Waals surface area contributed by atoms with Crippen LogP contribution in [0.4, 0.5) is 14.5 Å². The molecular weight excluding hydrogens is 302 g/mol. The molecule has 1 saturated heterocycles. The molecule has 0 N–H and O–H groups in total. The summed E-state index contributed by atoms with van der Waals surface area (Å²) in [5.41, 5.74) is -1.61. The lowest BCUT2D eigenvalue weighted by molar-refractivity contribution is -0.387. The van der Waals surface area contributed by atoms with E-state index < -0.39 is 33.7 Å². The highest BCUT2D eigenvalue weighted by Gasteiger charge is 2.31. The summed E-state index contributed by atoms with van der Waals surface area (Å²) in [7, 11) is 0. The minimum Gasteiger partial charge on any atom is -0.336 e. The first-order chi connectivity index (χ1) is 9.79. The summed E-state index contributed by atoms with van der Waals surface area (Å²) in [5.74, 6) is -3.00. The number of nitro groups is 1. The Labute approximate surface area is 124 Å². The monoisotopic (exact) mass is 316 g/mol. The Balaban J connectivity index is 2.37. The van der Waals surface area contributed by atoms with Crippen LogP contribution in [-0.2, 0) is 0 Å². The van der Waals surface area contributed by atoms with Gasteiger partial charge in [0.25, 0.3) is 5.91 Å². The number of benzene rings is 1. The predicted octanol–water partition coefficient (Wildman–Crippen LogP) is 2.84. The number of thioether (sulfide) groups is 1. The fraction of sp³-hybridized carbons (Fsp3) is 0.462. The van der Waals surface area contributed by atoms with E-state index in [1.165, 1.54) is 4.90 Å². The molecule has 8 heteroatoms. The number of nitro benzene ring substituents is 1. The highest BCUT2D eigenvalue weighted by Crippen LogP contribution is 2.28. The summed E-state index contributed by atoms with van der Waals surface area (Å²) in [4.78, 5) is 23.4. The molecule has 0 spiro atoms. The van der Waals surface area contributed by atoms with Crippen LogP contribution in [-0.4, -0.2) is 39.3 Å². The highest BCUT2D eigenvalue weighted by atomic mass is 32.2. The van der Waals surface area contributed by atoms with E-state index in [9.17, 15) is 23.7 Å². The zero-order chi connectivity index (χ0) is 15.7. The Bertz CT molecular complexity index is 587. The van der Waals surface area contributed by atoms with Gasteiger partial charge < -0.3 is 4.90 Å². The molecule has 1 aromatic rings. The summed E-state index contributed by atoms with van der Waals surface area (Å²) in [6, 6.07) is 1.19. The maximum Gasteiger partial charge on any atom is 0.308 e. The SMILES string of the molecule is CC1CN(C(=O)c2cc(F)cc([N+](=O)[O-])c2F)CC(C)S1. The molecule has 1 aliphatic rings. The number of rotatable bonds is 2. The molecule has 2 unspecified atom stereocenters. The molecular formula is C13H14F2N2O3S. The van der Waals surface area contributed by atoms with Crippen LogP contribution < -0.4 is 0 Å². The van der Waals surface area contributed by atoms with Crippen LogP contribution in [0.3, 0.4) is 0 Å². The molecule has 0 saturated carbocycles. The van der Waals surface area contributed by atoms with E-state index >= 15 is 0 Å². The summed E-state index contributed by atoms with van der Waals surface area (Å²) in [6.45, 7) is 4.67. The molecule has 2 rings (SSSR count). The van der Waals surface area contributed by atoms with Gasteiger partial charge in [0, 0.05) is 23.6 Å². The van der Waals surface area contributed by atoms with Crippen LogP contribution in [0.1, 0.15) is 24.2 Å². The number of hydrogen-bond acceptors (Lipinski definition) is 4. The Morgan fingerprint density at radius 1 is 1.33 bits per heavy atom. The second-order valence-corrected chi connectivity index (χ2v) is 6.89. The van der Waals surface area contributed by atoms with Crippen molar-refractivity contribution in [2.45, 2.75) is 24.3 Å². The van der Waals surface area contributed by atoms with Crippen molar-refractivity contribution in [3.05, 3.63) is 39.4 Å². The second-order valence-electron chi connectivity index (χ2n) is 5.01. The van der Waals surface area contributed by atoms with Crippen molar-refractivity contribution in [2.75, 3.05) is 13.1 Å². The van der Waals surface area contributed by atoms with E-state index in [0.717, 1.165) is 0 Å². The quantitative estimate of drug-likeness (QED) is 0.622. The Morgan fingerprint density at radius 3 is 2.43 bits per heavy atom. The van der Waals surface area contributed by atoms with Crippen LogP contribution in [0.15, 0.2) is 12.1 Å². The van der Waals surface area contributed by atoms with Crippen LogP contribution in [0, 0.1) is 21.7 Å². The second kappa shape index (κ2) is 5.97. The smallest absolute Gasteiger partial charge is 0.308 e. The van der Waals surface area contributed by atoms with E-state index in [4.69, 9.17) is 0 Å². The zero-order valence-corrected chi connectivity index (χ0v) is 12.3. The van der Waals surface area contributed by atoms with Gasteiger partial charge in [-0.25, -0.2) is 4.39 Å². The van der Waals surface area contributed by atoms with Gasteiger partial charge in [-0.2, -0.15) is 16.2 Å². The van der Waals surface area contributed by atoms with Crippen molar-refractivity contribution < 1.29 is 18.5 Å². The standard InChI is InChI=1S/C13H14F2N2O3S/c1-7-5-16(6-8(2)21-7)13(18)10-3-9(14)4-11(12(10)15)17(19)20/h3-4,7-8H,5-6H2,1-2H3. The number of hydrogen-bond donors (Lipinski definition) is 0. The van der Waals surface area contributed by atoms with Crippen molar-refractivity contribution in [3.63, 3.8) is 0 Å². The van der Waals surface area contributed by atoms with Gasteiger partial charge >= 0.3 is 5.69 Å². The van der Waals surface area contributed by atoms with E-state index in [-0.39, 0.29) is 10.5 Å². The normalized spacial score (nSPS) is 22.2. The molecule has 0 bridgehead atoms. The Hall–Kier alpha value is -1.70. The largest absolute Gasteiger partial charge is 0.336 e. The number of carbonyl (C=O) groups excluding carboxylic acids is 1. The van der Waals surface area contributed by atoms with Crippen LogP contribution in [0.25, 0.3) is 0 Å². The third-order valence-corrected chi connectivity index (χ3v) is 4.38. The third kappa shape index (κ3) is 3.31. The number of carbonyl (C=O) groups is 1. The van der Waals surface area contributed by atoms with Crippen LogP contribution in [0.2, 0.25) is 0 Å². The first-order valence-electron chi connectivity index (χ1n) is 6.37. The van der Waals surface area contributed by atoms with Crippen molar-refractivity contribution in [3.8, 4) is 0 Å². The van der Waals surface area contributed by atoms with Gasteiger partial charge in [-0.1, -0.05) is 13.8 Å². The lowest BCUT2D eigenvalue weighted by Crippen LogP contribution is -2.44. The fourth-order valence-electron chi connectivity index (χ4n) is 2.38. The first kappa shape index (κ1) is 15.7. The molecule has 1 aliphatic heterocycles. The maximum atomic E-state index is 14.0. The molecule has 1 aromatic carbocycles. The molecule has 2 atom stereocenters. The van der Waals surface area contributed by atoms with Crippen molar-refractivity contribution in [1.29, 1.82) is 0 Å². The predicted molar refractivity (Wildman–Crippen MR) is 75.4 cm³/mol. The van der Waals surface area contributed by atoms with E-state index in [1.54, 1.807) is 11.8 Å². The molecule has 1 amide bonds. The van der Waals surface area contributed by atoms with E-state index in [1.807, 2.05) is 13.8 Å². The maximum absolute atomic E-state index is 14.0. The summed E-state index contributed by atoms with van der Waals surface area (Å²) in [6.07, 6.45) is 0. The van der Waals surface area contributed by atoms with Gasteiger partial charge in [-0.3, -0.25) is 14.9 Å². The Morgan fingerprint density at radius 2 is 1.90 bits per heavy atom. The highest BCUT2D eigenvalue weighted by molar-refractivity contribution is 8.00. The Kier molecular flexibility index (Phi) is 4.46. The lowest BCUT2D eigenvalue weighted by atomic mass is 10.1. The van der Waals surface area contributed by atoms with Gasteiger partial charge in [0.15, 0.2) is 0 Å². The summed E-state index contributed by atoms with van der Waals surface area (Å²) in [5, 5.41) is 11.0. The molecule has 0 radical (unpaired) electrons. The minimum absolute atomic E-state index is 0.171. The van der Waals surface area contributed by atoms with Gasteiger partial charge in [-0.15, -0.1) is 0 Å². The molecule has 114 valence electrons. The molecule has 1 heterocycles. The number of amides is 1. The zero-order valence-electron chi connectivity index (χ0n) is 11.5. The minimum atomic E-state index is -1.29. The van der Waals surface area contributed by atoms with Gasteiger partial charge in [0.2, 0.25) is 5.82 Å². The number of nitrogens with zero attached hydrogens (tertiary/aromatic N) is 2. The van der Waals surface area contributed by atoms with Crippen LogP contribution in [0.5, 0.6) is 0 Å². The van der Waals surface area contributed by atoms with Crippen molar-refractivity contribution in [2.24, 2.45) is 0 Å². The summed E-state index contributed by atoms with van der Waals surface area (Å²) < 4.78 is 27.4. The molecule has 1 fully saturated rings. The summed E-state index contributed by atoms with van der Waals surface area (Å²) >= 11 is 1.70. The topological polar surface area (TPSA) is 63.5 Å². The van der Waals surface area contributed by atoms with Crippen molar-refractivity contribution in [1.82, 2.24) is 4.90 Å². The average Bonchev–Trinajstić information content (AvgIpc) is 2.38. The number of halogens is 2. The molecule has 5 nitrogen and oxygen atoms in total. The van der Waals surface area contributed by atoms with E-state index in [0.29, 0.717) is 25.2 Å². The molecule has 21 heavy (non-hydrogen) atoms. The first-order valence-corrected chi connectivity index (χ1v) is 7.32. The average molecular weight is 316 g/mol. The van der Waals surface area contributed by atoms with E-state index in [2.05, 4.69) is 0 Å². The van der Waals surface area contributed by atoms with Gasteiger partial charge in [0.1, 0.15) is 5.82 Å². The third-order valence-electron chi connectivity index (χ3n) is 3.15. The fourth-order valence-corrected chi connectivity index (χ4v) is 3.70. The van der Waals surface area contributed by atoms with Gasteiger partial charge in [-0.05, 0) is 6.07 Å². The lowest BCUT2D eigenvalue weighted by Gasteiger charge is -2.34. The molecule has 0 aromatic heterocycles. The van der Waals surface area contributed by atoms with Crippen molar-refractivity contribution >= 4 is 23.4 Å². The van der Waals surface area contributed by atoms with Gasteiger partial charge in [0.05, 0.1) is 16.6 Å². The molecule has 0 aliphatic carbocycles.